The van der Waals surface area contributed by atoms with Crippen molar-refractivity contribution < 1.29 is 9.53 Å². The number of nitrogens with one attached hydrogen (secondary N) is 1. The summed E-state index contributed by atoms with van der Waals surface area (Å²) in [6.45, 7) is 2.07. The highest BCUT2D eigenvalue weighted by Gasteiger charge is 2.18. The van der Waals surface area contributed by atoms with Crippen molar-refractivity contribution in [2.45, 2.75) is 19.4 Å². The van der Waals surface area contributed by atoms with Crippen LogP contribution in [0.5, 0.6) is 0 Å². The Labute approximate surface area is 109 Å². The third kappa shape index (κ3) is 2.47. The third-order valence-electron chi connectivity index (χ3n) is 2.66. The quantitative estimate of drug-likeness (QED) is 0.652. The van der Waals surface area contributed by atoms with E-state index in [1.54, 1.807) is 19.3 Å². The van der Waals surface area contributed by atoms with Crippen LogP contribution in [0.3, 0.4) is 0 Å². The topological polar surface area (TPSA) is 81.0 Å². The van der Waals surface area contributed by atoms with Crippen molar-refractivity contribution in [3.05, 3.63) is 29.2 Å². The zero-order valence-corrected chi connectivity index (χ0v) is 10.7. The Morgan fingerprint density at radius 3 is 3.17 bits per heavy atom. The molecule has 1 atom stereocenters. The molecule has 0 amide bonds. The van der Waals surface area contributed by atoms with E-state index in [0.717, 1.165) is 16.5 Å². The monoisotopic (exact) mass is 267 g/mol. The van der Waals surface area contributed by atoms with Gasteiger partial charge in [-0.15, -0.1) is 0 Å². The Balaban J connectivity index is 2.24. The van der Waals surface area contributed by atoms with Crippen LogP contribution < -0.4 is 5.73 Å². The van der Waals surface area contributed by atoms with E-state index < -0.39 is 12.0 Å². The lowest BCUT2D eigenvalue weighted by atomic mass is 10.1. The van der Waals surface area contributed by atoms with Crippen molar-refractivity contribution in [3.8, 4) is 0 Å². The van der Waals surface area contributed by atoms with Crippen molar-refractivity contribution in [2.24, 2.45) is 5.73 Å². The van der Waals surface area contributed by atoms with Crippen molar-refractivity contribution in [1.82, 2.24) is 9.97 Å². The van der Waals surface area contributed by atoms with Gasteiger partial charge in [0.1, 0.15) is 11.2 Å². The molecule has 0 aliphatic rings. The maximum Gasteiger partial charge on any atom is 0.323 e. The molecule has 0 radical (unpaired) electrons. The van der Waals surface area contributed by atoms with Crippen molar-refractivity contribution in [3.63, 3.8) is 0 Å². The van der Waals surface area contributed by atoms with Gasteiger partial charge in [-0.05, 0) is 18.6 Å². The molecule has 2 aromatic heterocycles. The van der Waals surface area contributed by atoms with Crippen LogP contribution in [-0.2, 0) is 16.0 Å². The van der Waals surface area contributed by atoms with Gasteiger partial charge in [-0.25, -0.2) is 4.98 Å². The zero-order chi connectivity index (χ0) is 13.1. The fourth-order valence-corrected chi connectivity index (χ4v) is 2.11. The predicted molar refractivity (Wildman–Crippen MR) is 69.4 cm³/mol. The minimum atomic E-state index is -0.694. The van der Waals surface area contributed by atoms with Crippen LogP contribution in [0.15, 0.2) is 18.5 Å². The van der Waals surface area contributed by atoms with E-state index in [1.807, 2.05) is 6.07 Å². The van der Waals surface area contributed by atoms with Gasteiger partial charge in [0.15, 0.2) is 0 Å². The van der Waals surface area contributed by atoms with Crippen molar-refractivity contribution in [1.29, 1.82) is 0 Å². The number of halogens is 1. The maximum atomic E-state index is 11.5. The van der Waals surface area contributed by atoms with E-state index in [0.29, 0.717) is 18.2 Å². The van der Waals surface area contributed by atoms with Crippen LogP contribution >= 0.6 is 11.6 Å². The average Bonchev–Trinajstić information content (AvgIpc) is 2.74. The maximum absolute atomic E-state index is 11.5. The van der Waals surface area contributed by atoms with Gasteiger partial charge in [0.25, 0.3) is 0 Å². The number of rotatable bonds is 4. The average molecular weight is 268 g/mol. The van der Waals surface area contributed by atoms with Crippen LogP contribution in [0.4, 0.5) is 0 Å². The highest BCUT2D eigenvalue weighted by Crippen LogP contribution is 2.25. The molecule has 0 aliphatic heterocycles. The highest BCUT2D eigenvalue weighted by molar-refractivity contribution is 6.34. The van der Waals surface area contributed by atoms with Crippen LogP contribution in [0.1, 0.15) is 12.5 Å². The summed E-state index contributed by atoms with van der Waals surface area (Å²) in [6, 6.07) is 1.13. The molecule has 0 spiro atoms. The van der Waals surface area contributed by atoms with Gasteiger partial charge >= 0.3 is 5.97 Å². The first kappa shape index (κ1) is 12.9. The van der Waals surface area contributed by atoms with E-state index in [-0.39, 0.29) is 0 Å². The summed E-state index contributed by atoms with van der Waals surface area (Å²) in [5, 5.41) is 1.21. The number of fused-ring (bicyclic) bond motifs is 1. The molecule has 0 saturated carbocycles. The summed E-state index contributed by atoms with van der Waals surface area (Å²) in [7, 11) is 0. The summed E-state index contributed by atoms with van der Waals surface area (Å²) in [5.41, 5.74) is 7.52. The molecule has 3 N–H and O–H groups in total. The van der Waals surface area contributed by atoms with Gasteiger partial charge in [0.2, 0.25) is 0 Å². The predicted octanol–water partition coefficient (Wildman–Crippen LogP) is 1.65. The van der Waals surface area contributed by atoms with Crippen LogP contribution in [0.25, 0.3) is 10.9 Å². The number of nitrogens with zero attached hydrogens (tertiary/aromatic N) is 1. The zero-order valence-electron chi connectivity index (χ0n) is 9.94. The summed E-state index contributed by atoms with van der Waals surface area (Å²) in [5.74, 6) is -0.410. The van der Waals surface area contributed by atoms with E-state index >= 15 is 0 Å². The number of hydrogen-bond donors (Lipinski definition) is 2. The minimum Gasteiger partial charge on any atom is -0.465 e. The molecule has 2 rings (SSSR count). The molecule has 2 heterocycles. The molecule has 96 valence electrons. The summed E-state index contributed by atoms with van der Waals surface area (Å²) >= 11 is 6.04. The fourth-order valence-electron chi connectivity index (χ4n) is 1.83. The summed E-state index contributed by atoms with van der Waals surface area (Å²) in [6.07, 6.45) is 3.78. The number of aromatic amines is 1. The number of esters is 1. The second-order valence-corrected chi connectivity index (χ2v) is 4.26. The number of pyridine rings is 1. The molecule has 0 bridgehead atoms. The molecule has 0 fully saturated rings. The molecule has 2 aromatic rings. The minimum absolute atomic E-state index is 0.322. The Morgan fingerprint density at radius 1 is 1.67 bits per heavy atom. The molecular weight excluding hydrogens is 254 g/mol. The first-order valence-electron chi connectivity index (χ1n) is 5.66. The lowest BCUT2D eigenvalue weighted by molar-refractivity contribution is -0.144. The second-order valence-electron chi connectivity index (χ2n) is 3.90. The number of carbonyl (C=O) groups excluding carboxylic acids is 1. The van der Waals surface area contributed by atoms with E-state index in [1.165, 1.54) is 0 Å². The lowest BCUT2D eigenvalue weighted by Crippen LogP contribution is -2.34. The van der Waals surface area contributed by atoms with Crippen LogP contribution in [-0.4, -0.2) is 28.6 Å². The molecule has 5 nitrogen and oxygen atoms in total. The molecule has 1 unspecified atom stereocenters. The normalized spacial score (nSPS) is 12.6. The number of nitrogens with two attached hydrogens (primary N) is 1. The third-order valence-corrected chi connectivity index (χ3v) is 2.94. The molecule has 6 heteroatoms. The lowest BCUT2D eigenvalue weighted by Gasteiger charge is -2.09. The summed E-state index contributed by atoms with van der Waals surface area (Å²) < 4.78 is 4.87. The Hall–Kier alpha value is -1.59. The van der Waals surface area contributed by atoms with E-state index in [2.05, 4.69) is 9.97 Å². The first-order valence-corrected chi connectivity index (χ1v) is 6.04. The van der Waals surface area contributed by atoms with Gasteiger partial charge in [-0.3, -0.25) is 4.79 Å². The van der Waals surface area contributed by atoms with Gasteiger partial charge in [0.05, 0.1) is 12.1 Å². The fraction of sp³-hybridized carbons (Fsp3) is 0.333. The van der Waals surface area contributed by atoms with Gasteiger partial charge in [0, 0.05) is 24.2 Å². The highest BCUT2D eigenvalue weighted by atomic mass is 35.5. The molecule has 18 heavy (non-hydrogen) atoms. The Morgan fingerprint density at radius 2 is 2.44 bits per heavy atom. The number of hydrogen-bond acceptors (Lipinski definition) is 4. The van der Waals surface area contributed by atoms with Crippen molar-refractivity contribution in [2.75, 3.05) is 6.61 Å². The van der Waals surface area contributed by atoms with Crippen molar-refractivity contribution >= 4 is 28.5 Å². The van der Waals surface area contributed by atoms with Crippen LogP contribution in [0.2, 0.25) is 5.15 Å². The largest absolute Gasteiger partial charge is 0.465 e. The van der Waals surface area contributed by atoms with E-state index in [9.17, 15) is 4.79 Å². The van der Waals surface area contributed by atoms with Gasteiger partial charge < -0.3 is 15.5 Å². The number of H-pyrrole nitrogens is 1. The molecule has 0 saturated heterocycles. The summed E-state index contributed by atoms with van der Waals surface area (Å²) in [4.78, 5) is 18.6. The molecule has 0 aliphatic carbocycles. The molecule has 0 aromatic carbocycles. The second kappa shape index (κ2) is 5.37. The Bertz CT molecular complexity index is 567. The SMILES string of the molecule is CCOC(=O)C(N)Cc1c[nH]c2ccnc(Cl)c12. The van der Waals surface area contributed by atoms with E-state index in [4.69, 9.17) is 22.1 Å². The standard InChI is InChI=1S/C12H14ClN3O2/c1-2-18-12(17)8(14)5-7-6-16-9-3-4-15-11(13)10(7)9/h3-4,6,8,16H,2,5,14H2,1H3. The number of carbonyl (C=O) groups is 1. The number of aromatic nitrogens is 2. The van der Waals surface area contributed by atoms with Crippen LogP contribution in [0, 0.1) is 0 Å². The smallest absolute Gasteiger partial charge is 0.323 e. The van der Waals surface area contributed by atoms with Gasteiger partial charge in [-0.1, -0.05) is 11.6 Å². The van der Waals surface area contributed by atoms with Gasteiger partial charge in [-0.2, -0.15) is 0 Å². The first-order chi connectivity index (χ1) is 8.63. The number of ether oxygens (including phenoxy) is 1. The Kier molecular flexibility index (Phi) is 3.84. The molecular formula is C12H14ClN3O2.